The predicted molar refractivity (Wildman–Crippen MR) is 94.5 cm³/mol. The van der Waals surface area contributed by atoms with Crippen LogP contribution in [0.15, 0.2) is 72.0 Å². The van der Waals surface area contributed by atoms with Gasteiger partial charge in [-0.05, 0) is 54.1 Å². The van der Waals surface area contributed by atoms with Gasteiger partial charge in [0.2, 0.25) is 10.0 Å². The maximum Gasteiger partial charge on any atom is 0.240 e. The van der Waals surface area contributed by atoms with Gasteiger partial charge < -0.3 is 4.74 Å². The zero-order valence-electron chi connectivity index (χ0n) is 13.6. The molecule has 1 N–H and O–H groups in total. The molecule has 0 aliphatic carbocycles. The van der Waals surface area contributed by atoms with E-state index < -0.39 is 10.0 Å². The number of ether oxygens (including phenoxy) is 1. The quantitative estimate of drug-likeness (QED) is 0.735. The molecule has 0 aliphatic rings. The third kappa shape index (κ3) is 4.20. The van der Waals surface area contributed by atoms with Crippen LogP contribution in [-0.4, -0.2) is 25.5 Å². The SMILES string of the molecule is COc1ccc(S(=O)(=O)NCc2ccnc(-c3cccnc3)c2)cc1. The van der Waals surface area contributed by atoms with E-state index in [4.69, 9.17) is 4.74 Å². The van der Waals surface area contributed by atoms with Crippen LogP contribution >= 0.6 is 0 Å². The summed E-state index contributed by atoms with van der Waals surface area (Å²) in [7, 11) is -2.07. The Hall–Kier alpha value is -2.77. The summed E-state index contributed by atoms with van der Waals surface area (Å²) in [5.74, 6) is 0.606. The van der Waals surface area contributed by atoms with E-state index in [1.54, 1.807) is 36.8 Å². The molecular formula is C18H17N3O3S. The summed E-state index contributed by atoms with van der Waals surface area (Å²) in [5, 5.41) is 0. The van der Waals surface area contributed by atoms with Crippen LogP contribution in [0.25, 0.3) is 11.3 Å². The number of hydrogen-bond acceptors (Lipinski definition) is 5. The van der Waals surface area contributed by atoms with E-state index in [-0.39, 0.29) is 11.4 Å². The van der Waals surface area contributed by atoms with Gasteiger partial charge >= 0.3 is 0 Å². The minimum Gasteiger partial charge on any atom is -0.497 e. The molecule has 0 fully saturated rings. The van der Waals surface area contributed by atoms with Gasteiger partial charge in [0.15, 0.2) is 0 Å². The third-order valence-corrected chi connectivity index (χ3v) is 5.03. The highest BCUT2D eigenvalue weighted by atomic mass is 32.2. The van der Waals surface area contributed by atoms with E-state index in [9.17, 15) is 8.42 Å². The monoisotopic (exact) mass is 355 g/mol. The molecule has 0 spiro atoms. The average Bonchev–Trinajstić information content (AvgIpc) is 2.67. The highest BCUT2D eigenvalue weighted by Crippen LogP contribution is 2.18. The van der Waals surface area contributed by atoms with Gasteiger partial charge in [0, 0.05) is 30.7 Å². The number of methoxy groups -OCH3 is 1. The number of benzene rings is 1. The summed E-state index contributed by atoms with van der Waals surface area (Å²) in [4.78, 5) is 8.56. The molecule has 0 bridgehead atoms. The van der Waals surface area contributed by atoms with Crippen molar-refractivity contribution in [1.82, 2.24) is 14.7 Å². The van der Waals surface area contributed by atoms with Crippen LogP contribution in [0.2, 0.25) is 0 Å². The van der Waals surface area contributed by atoms with Crippen molar-refractivity contribution in [2.45, 2.75) is 11.4 Å². The Morgan fingerprint density at radius 3 is 2.56 bits per heavy atom. The van der Waals surface area contributed by atoms with Gasteiger partial charge in [0.25, 0.3) is 0 Å². The third-order valence-electron chi connectivity index (χ3n) is 3.62. The highest BCUT2D eigenvalue weighted by Gasteiger charge is 2.14. The lowest BCUT2D eigenvalue weighted by Gasteiger charge is -2.08. The number of pyridine rings is 2. The van der Waals surface area contributed by atoms with Crippen molar-refractivity contribution < 1.29 is 13.2 Å². The van der Waals surface area contributed by atoms with E-state index in [1.165, 1.54) is 19.2 Å². The molecular weight excluding hydrogens is 338 g/mol. The van der Waals surface area contributed by atoms with Gasteiger partial charge in [0.05, 0.1) is 17.7 Å². The molecule has 1 aromatic carbocycles. The fourth-order valence-corrected chi connectivity index (χ4v) is 3.29. The second-order valence-corrected chi connectivity index (χ2v) is 7.06. The number of rotatable bonds is 6. The van der Waals surface area contributed by atoms with Gasteiger partial charge in [-0.15, -0.1) is 0 Å². The van der Waals surface area contributed by atoms with Crippen molar-refractivity contribution in [2.24, 2.45) is 0 Å². The Bertz CT molecular complexity index is 943. The maximum atomic E-state index is 12.4. The lowest BCUT2D eigenvalue weighted by Crippen LogP contribution is -2.23. The molecule has 0 amide bonds. The second kappa shape index (κ2) is 7.42. The average molecular weight is 355 g/mol. The van der Waals surface area contributed by atoms with E-state index in [2.05, 4.69) is 14.7 Å². The molecule has 0 radical (unpaired) electrons. The molecule has 7 heteroatoms. The molecule has 0 atom stereocenters. The zero-order valence-corrected chi connectivity index (χ0v) is 14.4. The van der Waals surface area contributed by atoms with Crippen molar-refractivity contribution >= 4 is 10.0 Å². The minimum absolute atomic E-state index is 0.171. The van der Waals surface area contributed by atoms with Crippen molar-refractivity contribution in [3.05, 3.63) is 72.7 Å². The van der Waals surface area contributed by atoms with Crippen molar-refractivity contribution in [1.29, 1.82) is 0 Å². The fourth-order valence-electron chi connectivity index (χ4n) is 2.27. The lowest BCUT2D eigenvalue weighted by molar-refractivity contribution is 0.414. The lowest BCUT2D eigenvalue weighted by atomic mass is 10.1. The molecule has 0 aliphatic heterocycles. The summed E-state index contributed by atoms with van der Waals surface area (Å²) >= 11 is 0. The first-order chi connectivity index (χ1) is 12.1. The van der Waals surface area contributed by atoms with Gasteiger partial charge in [-0.2, -0.15) is 0 Å². The Morgan fingerprint density at radius 2 is 1.88 bits per heavy atom. The molecule has 0 saturated carbocycles. The Balaban J connectivity index is 1.74. The molecule has 0 unspecified atom stereocenters. The van der Waals surface area contributed by atoms with Crippen LogP contribution in [0.3, 0.4) is 0 Å². The highest BCUT2D eigenvalue weighted by molar-refractivity contribution is 7.89. The van der Waals surface area contributed by atoms with E-state index in [0.29, 0.717) is 5.75 Å². The number of aromatic nitrogens is 2. The number of sulfonamides is 1. The molecule has 2 heterocycles. The van der Waals surface area contributed by atoms with Crippen LogP contribution in [0, 0.1) is 0 Å². The first-order valence-electron chi connectivity index (χ1n) is 7.57. The summed E-state index contributed by atoms with van der Waals surface area (Å²) in [6.45, 7) is 0.171. The first kappa shape index (κ1) is 17.1. The van der Waals surface area contributed by atoms with Crippen molar-refractivity contribution in [2.75, 3.05) is 7.11 Å². The molecule has 6 nitrogen and oxygen atoms in total. The summed E-state index contributed by atoms with van der Waals surface area (Å²) < 4.78 is 32.4. The molecule has 25 heavy (non-hydrogen) atoms. The molecule has 3 rings (SSSR count). The molecule has 0 saturated heterocycles. The maximum absolute atomic E-state index is 12.4. The fraction of sp³-hybridized carbons (Fsp3) is 0.111. The van der Waals surface area contributed by atoms with Gasteiger partial charge in [-0.1, -0.05) is 0 Å². The number of hydrogen-bond donors (Lipinski definition) is 1. The predicted octanol–water partition coefficient (Wildman–Crippen LogP) is 2.63. The van der Waals surface area contributed by atoms with Gasteiger partial charge in [-0.3, -0.25) is 9.97 Å². The Morgan fingerprint density at radius 1 is 1.08 bits per heavy atom. The minimum atomic E-state index is -3.60. The first-order valence-corrected chi connectivity index (χ1v) is 9.06. The van der Waals surface area contributed by atoms with Gasteiger partial charge in [-0.25, -0.2) is 13.1 Å². The van der Waals surface area contributed by atoms with E-state index in [1.807, 2.05) is 18.2 Å². The largest absolute Gasteiger partial charge is 0.497 e. The van der Waals surface area contributed by atoms with Crippen LogP contribution in [0.5, 0.6) is 5.75 Å². The Kier molecular flexibility index (Phi) is 5.06. The normalized spacial score (nSPS) is 11.2. The summed E-state index contributed by atoms with van der Waals surface area (Å²) in [6.07, 6.45) is 5.06. The van der Waals surface area contributed by atoms with Crippen LogP contribution in [0.4, 0.5) is 0 Å². The standard InChI is InChI=1S/C18H17N3O3S/c1-24-16-4-6-17(7-5-16)25(22,23)21-12-14-8-10-20-18(11-14)15-3-2-9-19-13-15/h2-11,13,21H,12H2,1H3. The topological polar surface area (TPSA) is 81.2 Å². The smallest absolute Gasteiger partial charge is 0.240 e. The van der Waals surface area contributed by atoms with Crippen LogP contribution in [0.1, 0.15) is 5.56 Å². The number of nitrogens with one attached hydrogen (secondary N) is 1. The summed E-state index contributed by atoms with van der Waals surface area (Å²) in [5.41, 5.74) is 2.43. The van der Waals surface area contributed by atoms with Crippen LogP contribution < -0.4 is 9.46 Å². The zero-order chi connectivity index (χ0) is 17.7. The number of nitrogens with zero attached hydrogens (tertiary/aromatic N) is 2. The summed E-state index contributed by atoms with van der Waals surface area (Å²) in [6, 6.07) is 13.6. The molecule has 2 aromatic heterocycles. The van der Waals surface area contributed by atoms with Crippen molar-refractivity contribution in [3.8, 4) is 17.0 Å². The molecule has 128 valence electrons. The van der Waals surface area contributed by atoms with Crippen LogP contribution in [-0.2, 0) is 16.6 Å². The second-order valence-electron chi connectivity index (χ2n) is 5.29. The van der Waals surface area contributed by atoms with E-state index in [0.717, 1.165) is 16.8 Å². The Labute approximate surface area is 146 Å². The van der Waals surface area contributed by atoms with Gasteiger partial charge in [0.1, 0.15) is 5.75 Å². The molecule has 3 aromatic rings. The van der Waals surface area contributed by atoms with Crippen molar-refractivity contribution in [3.63, 3.8) is 0 Å². The van der Waals surface area contributed by atoms with E-state index >= 15 is 0 Å².